The lowest BCUT2D eigenvalue weighted by Crippen LogP contribution is -2.39. The van der Waals surface area contributed by atoms with Gasteiger partial charge in [-0.2, -0.15) is 0 Å². The minimum atomic E-state index is -0.896. The number of aliphatic hydroxyl groups is 1. The van der Waals surface area contributed by atoms with E-state index in [0.29, 0.717) is 5.56 Å². The number of amides is 1. The standard InChI is InChI=1S/C24H26N2O6/c1-24(2,3)32-23(31)26-12-11-25-19(14-7-6-8-15(27)13-14)18-20(28)16-9-4-5-10-17(16)21(29)22(18)30/h4-10,13,19,25,27-28H,11-12H2,1-3H3,(H,26,31). The predicted octanol–water partition coefficient (Wildman–Crippen LogP) is 3.28. The number of hydrogen-bond donors (Lipinski definition) is 4. The molecule has 3 rings (SSSR count). The Morgan fingerprint density at radius 3 is 2.31 bits per heavy atom. The van der Waals surface area contributed by atoms with Gasteiger partial charge >= 0.3 is 6.09 Å². The zero-order valence-electron chi connectivity index (χ0n) is 18.1. The fourth-order valence-electron chi connectivity index (χ4n) is 3.44. The topological polar surface area (TPSA) is 125 Å². The quantitative estimate of drug-likeness (QED) is 0.403. The number of carbonyl (C=O) groups excluding carboxylic acids is 3. The number of ketones is 2. The number of hydrogen-bond acceptors (Lipinski definition) is 7. The number of aliphatic hydroxyl groups excluding tert-OH is 1. The minimum absolute atomic E-state index is 0.0312. The fourth-order valence-corrected chi connectivity index (χ4v) is 3.44. The van der Waals surface area contributed by atoms with E-state index in [1.165, 1.54) is 18.2 Å². The maximum Gasteiger partial charge on any atom is 0.407 e. The van der Waals surface area contributed by atoms with Crippen molar-refractivity contribution in [1.82, 2.24) is 10.6 Å². The SMILES string of the molecule is CC(C)(C)OC(=O)NCCNC(C1=C(O)c2ccccc2C(=O)C1=O)c1cccc(O)c1. The number of rotatable bonds is 6. The number of Topliss-reactive ketones (excluding diaryl/α,β-unsaturated/α-hetero) is 2. The highest BCUT2D eigenvalue weighted by molar-refractivity contribution is 6.52. The number of alkyl carbamates (subject to hydrolysis) is 1. The Labute approximate surface area is 185 Å². The van der Waals surface area contributed by atoms with E-state index in [-0.39, 0.29) is 41.3 Å². The number of phenols is 1. The van der Waals surface area contributed by atoms with Crippen LogP contribution in [0.3, 0.4) is 0 Å². The Bertz CT molecular complexity index is 1080. The van der Waals surface area contributed by atoms with Gasteiger partial charge in [0.15, 0.2) is 0 Å². The molecule has 8 heteroatoms. The van der Waals surface area contributed by atoms with Gasteiger partial charge in [-0.25, -0.2) is 4.79 Å². The molecule has 2 aromatic rings. The van der Waals surface area contributed by atoms with E-state index in [1.54, 1.807) is 51.1 Å². The molecule has 1 aliphatic carbocycles. The van der Waals surface area contributed by atoms with Crippen LogP contribution < -0.4 is 10.6 Å². The zero-order chi connectivity index (χ0) is 23.5. The molecule has 1 aliphatic rings. The first-order valence-corrected chi connectivity index (χ1v) is 10.2. The van der Waals surface area contributed by atoms with Crippen molar-refractivity contribution in [3.05, 3.63) is 70.8 Å². The number of nitrogens with one attached hydrogen (secondary N) is 2. The lowest BCUT2D eigenvalue weighted by molar-refractivity contribution is -0.112. The Morgan fingerprint density at radius 1 is 0.969 bits per heavy atom. The maximum absolute atomic E-state index is 12.9. The average Bonchev–Trinajstić information content (AvgIpc) is 2.72. The molecule has 0 bridgehead atoms. The molecule has 32 heavy (non-hydrogen) atoms. The van der Waals surface area contributed by atoms with Gasteiger partial charge in [0.2, 0.25) is 11.6 Å². The van der Waals surface area contributed by atoms with Crippen LogP contribution in [-0.2, 0) is 9.53 Å². The summed E-state index contributed by atoms with van der Waals surface area (Å²) in [5.74, 6) is -1.88. The normalized spacial score (nSPS) is 14.7. The van der Waals surface area contributed by atoms with Crippen molar-refractivity contribution in [1.29, 1.82) is 0 Å². The Balaban J connectivity index is 1.88. The lowest BCUT2D eigenvalue weighted by atomic mass is 9.83. The summed E-state index contributed by atoms with van der Waals surface area (Å²) < 4.78 is 5.19. The Morgan fingerprint density at radius 2 is 1.66 bits per heavy atom. The number of carbonyl (C=O) groups is 3. The van der Waals surface area contributed by atoms with E-state index < -0.39 is 29.3 Å². The number of benzene rings is 2. The summed E-state index contributed by atoms with van der Waals surface area (Å²) in [5.41, 5.74) is 0.132. The number of aromatic hydroxyl groups is 1. The third-order valence-corrected chi connectivity index (χ3v) is 4.77. The van der Waals surface area contributed by atoms with Crippen LogP contribution in [0.2, 0.25) is 0 Å². The van der Waals surface area contributed by atoms with E-state index in [9.17, 15) is 24.6 Å². The summed E-state index contributed by atoms with van der Waals surface area (Å²) in [4.78, 5) is 37.5. The van der Waals surface area contributed by atoms with Crippen LogP contribution in [0, 0.1) is 0 Å². The van der Waals surface area contributed by atoms with Gasteiger partial charge in [-0.15, -0.1) is 0 Å². The van der Waals surface area contributed by atoms with Crippen LogP contribution in [0.4, 0.5) is 4.79 Å². The highest BCUT2D eigenvalue weighted by Gasteiger charge is 2.37. The van der Waals surface area contributed by atoms with Crippen molar-refractivity contribution in [2.75, 3.05) is 13.1 Å². The van der Waals surface area contributed by atoms with Gasteiger partial charge in [-0.3, -0.25) is 9.59 Å². The van der Waals surface area contributed by atoms with E-state index in [4.69, 9.17) is 4.74 Å². The molecule has 8 nitrogen and oxygen atoms in total. The summed E-state index contributed by atoms with van der Waals surface area (Å²) in [7, 11) is 0. The second-order valence-electron chi connectivity index (χ2n) is 8.38. The van der Waals surface area contributed by atoms with E-state index in [1.807, 2.05) is 0 Å². The molecule has 1 atom stereocenters. The van der Waals surface area contributed by atoms with Crippen LogP contribution in [-0.4, -0.2) is 46.6 Å². The fraction of sp³-hybridized carbons (Fsp3) is 0.292. The van der Waals surface area contributed by atoms with Crippen molar-refractivity contribution in [3.8, 4) is 5.75 Å². The number of fused-ring (bicyclic) bond motifs is 1. The second-order valence-corrected chi connectivity index (χ2v) is 8.38. The average molecular weight is 438 g/mol. The monoisotopic (exact) mass is 438 g/mol. The molecule has 0 saturated heterocycles. The third kappa shape index (κ3) is 5.15. The molecule has 168 valence electrons. The first kappa shape index (κ1) is 23.0. The number of ether oxygens (including phenoxy) is 1. The Hall–Kier alpha value is -3.65. The van der Waals surface area contributed by atoms with E-state index in [0.717, 1.165) is 0 Å². The van der Waals surface area contributed by atoms with Gasteiger partial charge in [-0.1, -0.05) is 36.4 Å². The zero-order valence-corrected chi connectivity index (χ0v) is 18.1. The molecule has 0 fully saturated rings. The van der Waals surface area contributed by atoms with Crippen LogP contribution >= 0.6 is 0 Å². The summed E-state index contributed by atoms with van der Waals surface area (Å²) in [6.45, 7) is 5.61. The van der Waals surface area contributed by atoms with Crippen molar-refractivity contribution in [2.45, 2.75) is 32.4 Å². The van der Waals surface area contributed by atoms with Crippen LogP contribution in [0.15, 0.2) is 54.1 Å². The van der Waals surface area contributed by atoms with Gasteiger partial charge in [0.05, 0.1) is 11.6 Å². The smallest absolute Gasteiger partial charge is 0.407 e. The lowest BCUT2D eigenvalue weighted by Gasteiger charge is -2.26. The molecule has 0 heterocycles. The summed E-state index contributed by atoms with van der Waals surface area (Å²) in [5, 5.41) is 26.5. The molecule has 4 N–H and O–H groups in total. The summed E-state index contributed by atoms with van der Waals surface area (Å²) in [6.07, 6.45) is -0.590. The third-order valence-electron chi connectivity index (χ3n) is 4.77. The van der Waals surface area contributed by atoms with Crippen molar-refractivity contribution < 1.29 is 29.3 Å². The molecule has 0 aliphatic heterocycles. The van der Waals surface area contributed by atoms with Gasteiger partial charge in [0.1, 0.15) is 17.1 Å². The van der Waals surface area contributed by atoms with Crippen molar-refractivity contribution >= 4 is 23.4 Å². The maximum atomic E-state index is 12.9. The number of phenolic OH excluding ortho intramolecular Hbond substituents is 1. The highest BCUT2D eigenvalue weighted by atomic mass is 16.6. The van der Waals surface area contributed by atoms with Gasteiger partial charge < -0.3 is 25.6 Å². The van der Waals surface area contributed by atoms with Crippen molar-refractivity contribution in [3.63, 3.8) is 0 Å². The molecule has 1 unspecified atom stereocenters. The first-order chi connectivity index (χ1) is 15.1. The predicted molar refractivity (Wildman–Crippen MR) is 118 cm³/mol. The van der Waals surface area contributed by atoms with Gasteiger partial charge in [-0.05, 0) is 38.5 Å². The molecular weight excluding hydrogens is 412 g/mol. The highest BCUT2D eigenvalue weighted by Crippen LogP contribution is 2.35. The molecular formula is C24H26N2O6. The van der Waals surface area contributed by atoms with Crippen LogP contribution in [0.25, 0.3) is 5.76 Å². The summed E-state index contributed by atoms with van der Waals surface area (Å²) >= 11 is 0. The molecule has 2 aromatic carbocycles. The Kier molecular flexibility index (Phi) is 6.64. The largest absolute Gasteiger partial charge is 0.508 e. The van der Waals surface area contributed by atoms with E-state index >= 15 is 0 Å². The first-order valence-electron chi connectivity index (χ1n) is 10.2. The molecule has 0 aromatic heterocycles. The molecule has 0 spiro atoms. The van der Waals surface area contributed by atoms with Crippen molar-refractivity contribution in [2.24, 2.45) is 0 Å². The summed E-state index contributed by atoms with van der Waals surface area (Å²) in [6, 6.07) is 11.6. The molecule has 1 amide bonds. The van der Waals surface area contributed by atoms with E-state index in [2.05, 4.69) is 10.6 Å². The second kappa shape index (κ2) is 9.23. The van der Waals surface area contributed by atoms with Gasteiger partial charge in [0.25, 0.3) is 0 Å². The minimum Gasteiger partial charge on any atom is -0.508 e. The van der Waals surface area contributed by atoms with Crippen LogP contribution in [0.5, 0.6) is 5.75 Å². The molecule has 0 saturated carbocycles. The van der Waals surface area contributed by atoms with Gasteiger partial charge in [0, 0.05) is 24.2 Å². The molecule has 0 radical (unpaired) electrons. The van der Waals surface area contributed by atoms with Crippen LogP contribution in [0.1, 0.15) is 48.3 Å².